The summed E-state index contributed by atoms with van der Waals surface area (Å²) in [4.78, 5) is 25.8. The fraction of sp³-hybridized carbons (Fsp3) is 0.600. The quantitative estimate of drug-likeness (QED) is 0.501. The van der Waals surface area contributed by atoms with Crippen molar-refractivity contribution in [3.63, 3.8) is 0 Å². The first-order valence-corrected chi connectivity index (χ1v) is 16.3. The number of methoxy groups -OCH3 is 1. The number of nitrogens with zero attached hydrogens (tertiary/aromatic N) is 1. The van der Waals surface area contributed by atoms with Crippen LogP contribution < -0.4 is 15.2 Å². The molecule has 2 aliphatic carbocycles. The first-order chi connectivity index (χ1) is 21.5. The van der Waals surface area contributed by atoms with E-state index in [1.54, 1.807) is 13.2 Å². The number of benzene rings is 2. The summed E-state index contributed by atoms with van der Waals surface area (Å²) in [5.74, 6) is -1.03. The first-order valence-electron chi connectivity index (χ1n) is 16.3. The van der Waals surface area contributed by atoms with Crippen LogP contribution in [0, 0.1) is 24.6 Å². The van der Waals surface area contributed by atoms with E-state index in [0.29, 0.717) is 23.8 Å². The second-order valence-electron chi connectivity index (χ2n) is 13.3. The highest BCUT2D eigenvalue weighted by molar-refractivity contribution is 5.82. The van der Waals surface area contributed by atoms with Crippen LogP contribution in [0.5, 0.6) is 5.75 Å². The molecule has 1 saturated carbocycles. The van der Waals surface area contributed by atoms with Gasteiger partial charge in [0.2, 0.25) is 5.91 Å². The van der Waals surface area contributed by atoms with Crippen molar-refractivity contribution in [3.8, 4) is 5.75 Å². The highest BCUT2D eigenvalue weighted by atomic mass is 19.4. The molecule has 45 heavy (non-hydrogen) atoms. The fourth-order valence-electron chi connectivity index (χ4n) is 8.77. The van der Waals surface area contributed by atoms with Gasteiger partial charge < -0.3 is 24.9 Å². The Morgan fingerprint density at radius 2 is 1.76 bits per heavy atom. The van der Waals surface area contributed by atoms with Gasteiger partial charge in [0.15, 0.2) is 0 Å². The van der Waals surface area contributed by atoms with Gasteiger partial charge in [0.05, 0.1) is 25.6 Å². The van der Waals surface area contributed by atoms with Gasteiger partial charge in [0.1, 0.15) is 23.5 Å². The molecule has 4 aliphatic rings. The maximum Gasteiger partial charge on any atom is 0.430 e. The van der Waals surface area contributed by atoms with Crippen LogP contribution in [0.15, 0.2) is 36.4 Å². The summed E-state index contributed by atoms with van der Waals surface area (Å²) in [6.07, 6.45) is 5.84. The van der Waals surface area contributed by atoms with Crippen molar-refractivity contribution < 1.29 is 42.3 Å². The van der Waals surface area contributed by atoms with Gasteiger partial charge >= 0.3 is 6.18 Å². The number of alkyl halides is 3. The number of carboxylic acid groups (broad SMARTS) is 1. The van der Waals surface area contributed by atoms with E-state index in [4.69, 9.17) is 14.6 Å². The number of carboxylic acids is 1. The molecular formula is C35H44F4N2O4. The van der Waals surface area contributed by atoms with Crippen molar-refractivity contribution in [1.29, 1.82) is 0 Å². The summed E-state index contributed by atoms with van der Waals surface area (Å²) >= 11 is 0. The molecular weight excluding hydrogens is 588 g/mol. The Hall–Kier alpha value is -3.14. The number of ether oxygens (including phenoxy) is 1. The topological polar surface area (TPSA) is 86.3 Å². The molecule has 10 heteroatoms. The molecule has 2 saturated heterocycles. The summed E-state index contributed by atoms with van der Waals surface area (Å²) in [6, 6.07) is 12.9. The van der Waals surface area contributed by atoms with E-state index in [2.05, 4.69) is 40.5 Å². The predicted octanol–water partition coefficient (Wildman–Crippen LogP) is 4.56. The Morgan fingerprint density at radius 3 is 2.40 bits per heavy atom. The monoisotopic (exact) mass is 632 g/mol. The van der Waals surface area contributed by atoms with Crippen LogP contribution in [0.2, 0.25) is 0 Å². The molecule has 2 aliphatic heterocycles. The molecule has 1 amide bonds. The minimum Gasteiger partial charge on any atom is -0.542 e. The lowest BCUT2D eigenvalue weighted by Crippen LogP contribution is -2.82. The van der Waals surface area contributed by atoms with Crippen LogP contribution in [-0.4, -0.2) is 55.7 Å². The third kappa shape index (κ3) is 6.71. The van der Waals surface area contributed by atoms with Crippen LogP contribution in [0.1, 0.15) is 86.0 Å². The second kappa shape index (κ2) is 13.7. The number of hydrogen-bond donors (Lipinski definition) is 1. The Balaban J connectivity index is 0.000000515. The zero-order chi connectivity index (χ0) is 32.4. The maximum atomic E-state index is 15.3. The minimum atomic E-state index is -5.19. The van der Waals surface area contributed by atoms with Gasteiger partial charge in [-0.2, -0.15) is 13.2 Å². The number of halogens is 4. The van der Waals surface area contributed by atoms with Crippen molar-refractivity contribution in [1.82, 2.24) is 4.90 Å². The molecule has 0 aromatic heterocycles. The van der Waals surface area contributed by atoms with Gasteiger partial charge in [0, 0.05) is 18.2 Å². The molecule has 246 valence electrons. The fourth-order valence-corrected chi connectivity index (χ4v) is 8.77. The predicted molar refractivity (Wildman–Crippen MR) is 159 cm³/mol. The van der Waals surface area contributed by atoms with Crippen molar-refractivity contribution in [3.05, 3.63) is 64.5 Å². The number of quaternary nitrogens is 1. The van der Waals surface area contributed by atoms with Crippen molar-refractivity contribution in [2.24, 2.45) is 11.8 Å². The Morgan fingerprint density at radius 1 is 1.07 bits per heavy atom. The molecule has 6 rings (SSSR count). The van der Waals surface area contributed by atoms with Crippen LogP contribution in [0.3, 0.4) is 0 Å². The van der Waals surface area contributed by atoms with Crippen LogP contribution in [-0.2, 0) is 21.4 Å². The lowest BCUT2D eigenvalue weighted by atomic mass is 9.63. The summed E-state index contributed by atoms with van der Waals surface area (Å²) in [5, 5.41) is 11.1. The zero-order valence-electron chi connectivity index (χ0n) is 26.1. The number of rotatable bonds is 4. The molecule has 0 unspecified atom stereocenters. The molecule has 2 N–H and O–H groups in total. The van der Waals surface area contributed by atoms with Crippen LogP contribution >= 0.6 is 0 Å². The molecule has 2 aromatic rings. The molecule has 6 nitrogen and oxygen atoms in total. The maximum absolute atomic E-state index is 15.3. The number of carbonyl (C=O) groups is 2. The number of fused-ring (bicyclic) bond motifs is 2. The lowest BCUT2D eigenvalue weighted by molar-refractivity contribution is -0.640. The Kier molecular flexibility index (Phi) is 10.1. The largest absolute Gasteiger partial charge is 0.542 e. The Bertz CT molecular complexity index is 1340. The highest BCUT2D eigenvalue weighted by Gasteiger charge is 2.57. The smallest absolute Gasteiger partial charge is 0.430 e. The first kappa shape index (κ1) is 33.2. The number of amides is 1. The van der Waals surface area contributed by atoms with E-state index in [1.807, 2.05) is 6.92 Å². The zero-order valence-corrected chi connectivity index (χ0v) is 26.1. The van der Waals surface area contributed by atoms with E-state index in [0.717, 1.165) is 74.2 Å². The molecule has 2 aromatic carbocycles. The average molecular weight is 633 g/mol. The van der Waals surface area contributed by atoms with Crippen molar-refractivity contribution in [2.45, 2.75) is 94.7 Å². The van der Waals surface area contributed by atoms with Gasteiger partial charge in [-0.1, -0.05) is 49.6 Å². The van der Waals surface area contributed by atoms with Crippen molar-refractivity contribution in [2.75, 3.05) is 26.7 Å². The number of aliphatic carboxylic acids is 1. The van der Waals surface area contributed by atoms with E-state index in [9.17, 15) is 18.0 Å². The highest BCUT2D eigenvalue weighted by Crippen LogP contribution is 2.51. The molecule has 2 heterocycles. The van der Waals surface area contributed by atoms with Crippen molar-refractivity contribution >= 4 is 11.9 Å². The summed E-state index contributed by atoms with van der Waals surface area (Å²) < 4.78 is 52.8. The molecule has 3 fully saturated rings. The average Bonchev–Trinajstić information content (AvgIpc) is 3.45. The number of carbonyl (C=O) groups excluding carboxylic acids is 2. The van der Waals surface area contributed by atoms with Crippen LogP contribution in [0.4, 0.5) is 17.6 Å². The lowest BCUT2D eigenvalue weighted by Gasteiger charge is -2.47. The normalized spacial score (nSPS) is 27.0. The van der Waals surface area contributed by atoms with Gasteiger partial charge in [0.25, 0.3) is 0 Å². The summed E-state index contributed by atoms with van der Waals surface area (Å²) in [6.45, 7) is 4.39. The number of aryl methyl sites for hydroxylation is 1. The number of nitrogens with two attached hydrogens (primary N) is 1. The third-order valence-electron chi connectivity index (χ3n) is 10.8. The third-order valence-corrected chi connectivity index (χ3v) is 10.8. The van der Waals surface area contributed by atoms with E-state index in [1.165, 1.54) is 37.7 Å². The van der Waals surface area contributed by atoms with Crippen LogP contribution in [0.25, 0.3) is 0 Å². The number of likely N-dealkylation sites (tertiary alicyclic amines) is 1. The molecule has 0 radical (unpaired) electrons. The van der Waals surface area contributed by atoms with Gasteiger partial charge in [-0.15, -0.1) is 0 Å². The number of piperidine rings is 1. The Labute approximate surface area is 262 Å². The SMILES string of the molecule is COc1c(C)cc(F)c2c1[C@]1(CCC2)C[NH2+]C[C@H]1C(=O)N1CC[C@@H](c2ccccc2)C[C@H]1C1CCCCC1.O=C([O-])C(F)(F)F. The van der Waals surface area contributed by atoms with Gasteiger partial charge in [-0.3, -0.25) is 4.79 Å². The molecule has 4 atom stereocenters. The second-order valence-corrected chi connectivity index (χ2v) is 13.3. The van der Waals surface area contributed by atoms with Gasteiger partial charge in [-0.25, -0.2) is 4.39 Å². The molecule has 1 spiro atoms. The number of hydrogen-bond acceptors (Lipinski definition) is 4. The summed E-state index contributed by atoms with van der Waals surface area (Å²) in [5.41, 5.74) is 3.70. The van der Waals surface area contributed by atoms with Gasteiger partial charge in [-0.05, 0) is 86.5 Å². The van der Waals surface area contributed by atoms with E-state index >= 15 is 4.39 Å². The van der Waals surface area contributed by atoms with E-state index in [-0.39, 0.29) is 17.2 Å². The van der Waals surface area contributed by atoms with E-state index < -0.39 is 12.1 Å². The molecule has 0 bridgehead atoms. The standard InChI is InChI=1S/C33H43FN2O2.C2HF3O2/c1-22-18-28(34)26-14-9-16-33(30(26)31(22)38-2)21-35-20-27(33)32(37)36-17-15-25(23-10-5-3-6-11-23)19-29(36)24-12-7-4-8-13-24;3-2(4,5)1(6)7/h3,5-6,10-11,18,24-25,27,29,35H,4,7-9,12-17,19-21H2,1-2H3;(H,6,7)/t25-,27+,29+,33-;/m1./s1. The minimum absolute atomic E-state index is 0.126. The summed E-state index contributed by atoms with van der Waals surface area (Å²) in [7, 11) is 1.70.